The van der Waals surface area contributed by atoms with Crippen LogP contribution in [0.5, 0.6) is 0 Å². The van der Waals surface area contributed by atoms with Gasteiger partial charge in [-0.1, -0.05) is 195 Å². The zero-order valence-corrected chi connectivity index (χ0v) is 40.8. The predicted octanol–water partition coefficient (Wildman–Crippen LogP) is 17.0. The van der Waals surface area contributed by atoms with Crippen LogP contribution in [0.1, 0.15) is 226 Å². The third-order valence-corrected chi connectivity index (χ3v) is 10.6. The van der Waals surface area contributed by atoms with E-state index >= 15 is 0 Å². The Morgan fingerprint density at radius 1 is 0.349 bits per heavy atom. The highest BCUT2D eigenvalue weighted by molar-refractivity contribution is 5.71. The number of hydrogen-bond acceptors (Lipinski definition) is 6. The van der Waals surface area contributed by atoms with Gasteiger partial charge in [0, 0.05) is 19.3 Å². The highest BCUT2D eigenvalue weighted by Gasteiger charge is 2.19. The Bertz CT molecular complexity index is 1280. The first-order chi connectivity index (χ1) is 31.0. The molecule has 0 aromatic heterocycles. The monoisotopic (exact) mass is 875 g/mol. The summed E-state index contributed by atoms with van der Waals surface area (Å²) in [6.07, 6.45) is 66.8. The van der Waals surface area contributed by atoms with Crippen LogP contribution >= 0.6 is 0 Å². The summed E-state index contributed by atoms with van der Waals surface area (Å²) in [4.78, 5) is 37.9. The lowest BCUT2D eigenvalue weighted by Crippen LogP contribution is -2.30. The van der Waals surface area contributed by atoms with Gasteiger partial charge >= 0.3 is 17.9 Å². The SMILES string of the molecule is CC/C=C\C/C=C\C/C=C\C/C=C\C/C=C\CCCC(=O)OCC(COC(=O)CCCCC/C=C\CCCCCCCC)OC(=O)CCCCCCCC/C=C\C=C/CCCCC. The highest BCUT2D eigenvalue weighted by atomic mass is 16.6. The number of ether oxygens (including phenoxy) is 3. The number of unbranched alkanes of at least 4 members (excludes halogenated alkanes) is 19. The Labute approximate surface area is 387 Å². The molecule has 0 radical (unpaired) electrons. The third-order valence-electron chi connectivity index (χ3n) is 10.6. The van der Waals surface area contributed by atoms with Gasteiger partial charge in [0.05, 0.1) is 0 Å². The zero-order chi connectivity index (χ0) is 45.8. The van der Waals surface area contributed by atoms with Crippen LogP contribution in [0.3, 0.4) is 0 Å². The summed E-state index contributed by atoms with van der Waals surface area (Å²) < 4.78 is 16.7. The molecule has 0 spiro atoms. The largest absolute Gasteiger partial charge is 0.462 e. The predicted molar refractivity (Wildman–Crippen MR) is 270 cm³/mol. The van der Waals surface area contributed by atoms with E-state index in [-0.39, 0.29) is 37.5 Å². The number of allylic oxidation sites excluding steroid dienone is 16. The van der Waals surface area contributed by atoms with E-state index in [4.69, 9.17) is 14.2 Å². The molecule has 0 N–H and O–H groups in total. The van der Waals surface area contributed by atoms with Gasteiger partial charge in [-0.05, 0) is 109 Å². The van der Waals surface area contributed by atoms with E-state index in [0.29, 0.717) is 19.3 Å². The summed E-state index contributed by atoms with van der Waals surface area (Å²) in [5.41, 5.74) is 0. The fourth-order valence-electron chi connectivity index (χ4n) is 6.70. The van der Waals surface area contributed by atoms with E-state index in [1.165, 1.54) is 77.0 Å². The molecule has 0 rings (SSSR count). The van der Waals surface area contributed by atoms with Gasteiger partial charge in [-0.2, -0.15) is 0 Å². The second-order valence-corrected chi connectivity index (χ2v) is 16.7. The molecule has 0 fully saturated rings. The van der Waals surface area contributed by atoms with Gasteiger partial charge in [0.2, 0.25) is 0 Å². The molecular formula is C57H94O6. The van der Waals surface area contributed by atoms with Gasteiger partial charge in [-0.15, -0.1) is 0 Å². The van der Waals surface area contributed by atoms with E-state index in [1.54, 1.807) is 0 Å². The fraction of sp³-hybridized carbons (Fsp3) is 0.667. The van der Waals surface area contributed by atoms with Crippen LogP contribution in [-0.4, -0.2) is 37.2 Å². The van der Waals surface area contributed by atoms with Crippen molar-refractivity contribution in [1.82, 2.24) is 0 Å². The van der Waals surface area contributed by atoms with Gasteiger partial charge in [-0.3, -0.25) is 14.4 Å². The number of hydrogen-bond donors (Lipinski definition) is 0. The molecule has 0 aliphatic heterocycles. The van der Waals surface area contributed by atoms with Crippen LogP contribution in [0.2, 0.25) is 0 Å². The first-order valence-electron chi connectivity index (χ1n) is 25.8. The fourth-order valence-corrected chi connectivity index (χ4v) is 6.70. The van der Waals surface area contributed by atoms with E-state index in [1.807, 2.05) is 0 Å². The Kier molecular flexibility index (Phi) is 48.0. The van der Waals surface area contributed by atoms with Crippen molar-refractivity contribution in [2.45, 2.75) is 232 Å². The third kappa shape index (κ3) is 49.2. The summed E-state index contributed by atoms with van der Waals surface area (Å²) in [5.74, 6) is -1.000. The van der Waals surface area contributed by atoms with Gasteiger partial charge in [0.25, 0.3) is 0 Å². The Morgan fingerprint density at radius 3 is 1.19 bits per heavy atom. The summed E-state index contributed by atoms with van der Waals surface area (Å²) in [6, 6.07) is 0. The van der Waals surface area contributed by atoms with E-state index < -0.39 is 6.10 Å². The van der Waals surface area contributed by atoms with Crippen LogP contribution in [0, 0.1) is 0 Å². The average Bonchev–Trinajstić information content (AvgIpc) is 3.28. The molecule has 6 nitrogen and oxygen atoms in total. The molecule has 0 saturated carbocycles. The molecule has 0 bridgehead atoms. The van der Waals surface area contributed by atoms with Gasteiger partial charge in [0.15, 0.2) is 6.10 Å². The molecule has 0 aliphatic carbocycles. The van der Waals surface area contributed by atoms with Crippen LogP contribution in [0.15, 0.2) is 97.2 Å². The Hall–Kier alpha value is -3.67. The van der Waals surface area contributed by atoms with Crippen LogP contribution < -0.4 is 0 Å². The summed E-state index contributed by atoms with van der Waals surface area (Å²) in [5, 5.41) is 0. The summed E-state index contributed by atoms with van der Waals surface area (Å²) in [6.45, 7) is 6.40. The molecule has 1 unspecified atom stereocenters. The van der Waals surface area contributed by atoms with Crippen molar-refractivity contribution in [3.8, 4) is 0 Å². The second-order valence-electron chi connectivity index (χ2n) is 16.7. The lowest BCUT2D eigenvalue weighted by atomic mass is 10.1. The summed E-state index contributed by atoms with van der Waals surface area (Å²) >= 11 is 0. The minimum Gasteiger partial charge on any atom is -0.462 e. The lowest BCUT2D eigenvalue weighted by molar-refractivity contribution is -0.167. The second kappa shape index (κ2) is 51.0. The molecule has 63 heavy (non-hydrogen) atoms. The molecule has 0 aliphatic rings. The standard InChI is InChI=1S/C57H94O6/c1-4-7-10-13-16-19-22-25-27-28-30-32-35-38-41-44-47-50-56(59)62-53-54(52-61-55(58)49-46-43-40-37-34-31-24-21-18-15-12-9-6-3)63-57(60)51-48-45-42-39-36-33-29-26-23-20-17-14-11-8-5-2/h7,10,16-17,19-20,23,25-27,30-32,34,38,41,54H,4-6,8-9,11-15,18,21-22,24,28-29,33,35-37,39-40,42-53H2,1-3H3/b10-7-,19-16-,20-17-,26-23-,27-25-,32-30-,34-31-,41-38-. The maximum absolute atomic E-state index is 12.8. The molecule has 358 valence electrons. The number of carbonyl (C=O) groups excluding carboxylic acids is 3. The molecule has 0 aromatic carbocycles. The van der Waals surface area contributed by atoms with E-state index in [0.717, 1.165) is 103 Å². The van der Waals surface area contributed by atoms with Crippen molar-refractivity contribution in [3.05, 3.63) is 97.2 Å². The molecule has 0 saturated heterocycles. The first-order valence-corrected chi connectivity index (χ1v) is 25.8. The highest BCUT2D eigenvalue weighted by Crippen LogP contribution is 2.13. The van der Waals surface area contributed by atoms with E-state index in [9.17, 15) is 14.4 Å². The molecule has 1 atom stereocenters. The normalized spacial score (nSPS) is 12.9. The summed E-state index contributed by atoms with van der Waals surface area (Å²) in [7, 11) is 0. The van der Waals surface area contributed by atoms with Gasteiger partial charge < -0.3 is 14.2 Å². The van der Waals surface area contributed by atoms with Crippen molar-refractivity contribution in [2.75, 3.05) is 13.2 Å². The van der Waals surface area contributed by atoms with Gasteiger partial charge in [-0.25, -0.2) is 0 Å². The van der Waals surface area contributed by atoms with Crippen LogP contribution in [-0.2, 0) is 28.6 Å². The lowest BCUT2D eigenvalue weighted by Gasteiger charge is -2.18. The minimum atomic E-state index is -0.813. The van der Waals surface area contributed by atoms with Crippen molar-refractivity contribution in [3.63, 3.8) is 0 Å². The maximum Gasteiger partial charge on any atom is 0.306 e. The maximum atomic E-state index is 12.8. The van der Waals surface area contributed by atoms with Crippen LogP contribution in [0.25, 0.3) is 0 Å². The number of carbonyl (C=O) groups is 3. The van der Waals surface area contributed by atoms with Crippen molar-refractivity contribution < 1.29 is 28.6 Å². The minimum absolute atomic E-state index is 0.109. The molecular weight excluding hydrogens is 781 g/mol. The van der Waals surface area contributed by atoms with Crippen molar-refractivity contribution in [1.29, 1.82) is 0 Å². The average molecular weight is 875 g/mol. The van der Waals surface area contributed by atoms with Crippen LogP contribution in [0.4, 0.5) is 0 Å². The van der Waals surface area contributed by atoms with E-state index in [2.05, 4.69) is 118 Å². The topological polar surface area (TPSA) is 78.9 Å². The smallest absolute Gasteiger partial charge is 0.306 e. The molecule has 6 heteroatoms. The molecule has 0 heterocycles. The number of rotatable bonds is 45. The Balaban J connectivity index is 4.53. The first kappa shape index (κ1) is 59.3. The molecule has 0 aromatic rings. The molecule has 0 amide bonds. The quantitative estimate of drug-likeness (QED) is 0.0199. The van der Waals surface area contributed by atoms with Gasteiger partial charge in [0.1, 0.15) is 13.2 Å². The number of esters is 3. The van der Waals surface area contributed by atoms with Crippen molar-refractivity contribution >= 4 is 17.9 Å². The van der Waals surface area contributed by atoms with Crippen molar-refractivity contribution in [2.24, 2.45) is 0 Å². The Morgan fingerprint density at radius 2 is 0.683 bits per heavy atom. The zero-order valence-electron chi connectivity index (χ0n) is 40.8.